The number of esters is 1. The molecule has 2 bridgehead atoms. The Bertz CT molecular complexity index is 1870. The number of cyclic esters (lactones) is 1. The first-order valence-corrected chi connectivity index (χ1v) is 25.0. The molecule has 0 spiro atoms. The fourth-order valence-corrected chi connectivity index (χ4v) is 8.44. The summed E-state index contributed by atoms with van der Waals surface area (Å²) in [7, 11) is 0. The number of hydrogen-bond donors (Lipinski definition) is 15. The van der Waals surface area contributed by atoms with Gasteiger partial charge in [0.05, 0.1) is 105 Å². The predicted molar refractivity (Wildman–Crippen MR) is 269 cm³/mol. The number of ether oxygens (including phenoxy) is 4. The molecule has 22 nitrogen and oxygen atoms in total. The lowest BCUT2D eigenvalue weighted by molar-refractivity contribution is -0.307. The van der Waals surface area contributed by atoms with Crippen molar-refractivity contribution in [3.05, 3.63) is 85.1 Å². The van der Waals surface area contributed by atoms with Gasteiger partial charge in [-0.05, 0) is 33.1 Å². The maximum Gasteiger partial charge on any atom is 0.308 e. The number of nitrogens with one attached hydrogen (secondary N) is 1. The van der Waals surface area contributed by atoms with Crippen LogP contribution in [0.2, 0.25) is 0 Å². The maximum absolute atomic E-state index is 13.7. The van der Waals surface area contributed by atoms with Crippen molar-refractivity contribution in [2.75, 3.05) is 13.2 Å². The molecular formula is C52H84N2O20. The number of rotatable bonds is 6. The average molecular weight is 1060 g/mol. The molecule has 19 atom stereocenters. The van der Waals surface area contributed by atoms with Crippen molar-refractivity contribution in [1.82, 2.24) is 5.32 Å². The highest BCUT2D eigenvalue weighted by Gasteiger charge is 2.51. The van der Waals surface area contributed by atoms with Crippen molar-refractivity contribution < 1.29 is 99.7 Å². The van der Waals surface area contributed by atoms with E-state index in [1.54, 1.807) is 86.8 Å². The zero-order valence-electron chi connectivity index (χ0n) is 42.9. The summed E-state index contributed by atoms with van der Waals surface area (Å²) in [6, 6.07) is -2.29. The van der Waals surface area contributed by atoms with E-state index >= 15 is 0 Å². The van der Waals surface area contributed by atoms with Crippen molar-refractivity contribution in [2.45, 2.75) is 189 Å². The molecule has 0 aliphatic carbocycles. The molecule has 0 aromatic heterocycles. The molecule has 0 aromatic rings. The smallest absolute Gasteiger partial charge is 0.308 e. The van der Waals surface area contributed by atoms with E-state index in [0.29, 0.717) is 0 Å². The van der Waals surface area contributed by atoms with Crippen LogP contribution in [-0.2, 0) is 33.3 Å². The van der Waals surface area contributed by atoms with E-state index in [1.165, 1.54) is 13.0 Å². The van der Waals surface area contributed by atoms with Gasteiger partial charge in [0.2, 0.25) is 5.91 Å². The number of aliphatic hydroxyl groups excluding tert-OH is 11. The molecular weight excluding hydrogens is 973 g/mol. The Kier molecular flexibility index (Phi) is 30.2. The number of aliphatic carboxylic acids is 1. The number of fused-ring (bicyclic) bond motifs is 2. The van der Waals surface area contributed by atoms with Gasteiger partial charge in [-0.15, -0.1) is 0 Å². The van der Waals surface area contributed by atoms with E-state index in [4.69, 9.17) is 34.6 Å². The molecule has 3 rings (SSSR count). The van der Waals surface area contributed by atoms with Crippen LogP contribution in [0, 0.1) is 17.8 Å². The molecule has 422 valence electrons. The van der Waals surface area contributed by atoms with Crippen molar-refractivity contribution in [2.24, 2.45) is 23.5 Å². The lowest BCUT2D eigenvalue weighted by Crippen LogP contribution is -2.62. The topological polar surface area (TPSA) is 389 Å². The van der Waals surface area contributed by atoms with Crippen LogP contribution in [0.4, 0.5) is 0 Å². The standard InChI is InChI=1S/C50H80N2O18.C2H4O2/c1-29-17-15-13-11-9-7-5-6-8-10-12-14-16-18-37(69-49-47(64)44(51)46(63)32(4)68-49)24-41-43(48(65)52-33(27-53)28-54)40(60)26-50(66,70-41)25-36(57)22-39(59)38(58)20-19-34(55)21-35(56)23-42(61)67-31(3)30(2)45(29)62;1-2(3)4/h5-18,29-41,43-47,49,53-60,62-64,66H,19-28,51H2,1-4H3,(H,52,65);1H3,(H,3,4)/b6-5+,9-7+,10-8+,13-11+,14-12+,17-15+,18-16+;/t29-,30-,31-,32+,34+,35+,36-,37-,38+,39+,40-,41-,43+,44-,45+,46+,47+,49-,50+;/m0./s1. The van der Waals surface area contributed by atoms with Gasteiger partial charge >= 0.3 is 5.97 Å². The molecule has 16 N–H and O–H groups in total. The number of carboxylic acid groups (broad SMARTS) is 1. The molecule has 1 amide bonds. The summed E-state index contributed by atoms with van der Waals surface area (Å²) in [5.41, 5.74) is 6.07. The van der Waals surface area contributed by atoms with Gasteiger partial charge in [-0.3, -0.25) is 14.4 Å². The summed E-state index contributed by atoms with van der Waals surface area (Å²) in [6.07, 6.45) is 3.19. The zero-order chi connectivity index (χ0) is 55.7. The second-order valence-electron chi connectivity index (χ2n) is 19.3. The minimum Gasteiger partial charge on any atom is -0.481 e. The Balaban J connectivity index is 0.00000451. The molecule has 2 saturated heterocycles. The Morgan fingerprint density at radius 2 is 1.24 bits per heavy atom. The van der Waals surface area contributed by atoms with Crippen molar-refractivity contribution >= 4 is 17.8 Å². The molecule has 0 saturated carbocycles. The summed E-state index contributed by atoms with van der Waals surface area (Å²) < 4.78 is 23.5. The molecule has 0 aromatic carbocycles. The van der Waals surface area contributed by atoms with E-state index in [1.807, 2.05) is 13.0 Å². The highest BCUT2D eigenvalue weighted by molar-refractivity contribution is 5.80. The summed E-state index contributed by atoms with van der Waals surface area (Å²) in [5, 5.41) is 139. The van der Waals surface area contributed by atoms with E-state index in [0.717, 1.165) is 6.92 Å². The van der Waals surface area contributed by atoms with Crippen LogP contribution >= 0.6 is 0 Å². The third kappa shape index (κ3) is 23.9. The van der Waals surface area contributed by atoms with Gasteiger partial charge in [-0.1, -0.05) is 98.9 Å². The quantitative estimate of drug-likeness (QED) is 0.145. The van der Waals surface area contributed by atoms with Crippen LogP contribution in [0.3, 0.4) is 0 Å². The van der Waals surface area contributed by atoms with Crippen LogP contribution in [0.5, 0.6) is 0 Å². The van der Waals surface area contributed by atoms with Crippen molar-refractivity contribution in [3.8, 4) is 0 Å². The number of amides is 1. The predicted octanol–water partition coefficient (Wildman–Crippen LogP) is -0.813. The second kappa shape index (κ2) is 33.9. The average Bonchev–Trinajstić information content (AvgIpc) is 3.31. The van der Waals surface area contributed by atoms with Crippen LogP contribution < -0.4 is 11.1 Å². The lowest BCUT2D eigenvalue weighted by Gasteiger charge is -2.46. The van der Waals surface area contributed by atoms with Crippen molar-refractivity contribution in [3.63, 3.8) is 0 Å². The van der Waals surface area contributed by atoms with Crippen molar-refractivity contribution in [1.29, 1.82) is 0 Å². The van der Waals surface area contributed by atoms with E-state index in [9.17, 15) is 70.9 Å². The number of nitrogens with two attached hydrogens (primary N) is 1. The number of carbonyl (C=O) groups is 3. The molecule has 0 radical (unpaired) electrons. The minimum absolute atomic E-state index is 0.121. The van der Waals surface area contributed by atoms with Gasteiger partial charge in [-0.2, -0.15) is 0 Å². The lowest BCUT2D eigenvalue weighted by atomic mass is 9.82. The van der Waals surface area contributed by atoms with Crippen LogP contribution in [0.1, 0.15) is 86.0 Å². The second-order valence-corrected chi connectivity index (χ2v) is 19.3. The fourth-order valence-electron chi connectivity index (χ4n) is 8.44. The number of hydrogen-bond acceptors (Lipinski definition) is 20. The van der Waals surface area contributed by atoms with Gasteiger partial charge in [0, 0.05) is 44.4 Å². The zero-order valence-corrected chi connectivity index (χ0v) is 42.9. The molecule has 3 aliphatic rings. The van der Waals surface area contributed by atoms with Crippen LogP contribution in [0.25, 0.3) is 0 Å². The molecule has 0 unspecified atom stereocenters. The highest BCUT2D eigenvalue weighted by atomic mass is 16.7. The summed E-state index contributed by atoms with van der Waals surface area (Å²) >= 11 is 0. The molecule has 74 heavy (non-hydrogen) atoms. The normalized spacial score (nSPS) is 41.1. The number of aliphatic hydroxyl groups is 12. The van der Waals surface area contributed by atoms with Gasteiger partial charge in [0.25, 0.3) is 5.97 Å². The Hall–Kier alpha value is -4.05. The van der Waals surface area contributed by atoms with Gasteiger partial charge in [-0.25, -0.2) is 0 Å². The Morgan fingerprint density at radius 3 is 1.80 bits per heavy atom. The van der Waals surface area contributed by atoms with E-state index < -0.39 is 172 Å². The summed E-state index contributed by atoms with van der Waals surface area (Å²) in [4.78, 5) is 35.4. The number of allylic oxidation sites excluding steroid dienone is 12. The number of carbonyl (C=O) groups excluding carboxylic acids is 2. The maximum atomic E-state index is 13.7. The number of carboxylic acids is 1. The summed E-state index contributed by atoms with van der Waals surface area (Å²) in [6.45, 7) is 6.51. The minimum atomic E-state index is -2.35. The van der Waals surface area contributed by atoms with Gasteiger partial charge in [0.15, 0.2) is 12.1 Å². The first-order valence-electron chi connectivity index (χ1n) is 25.0. The van der Waals surface area contributed by atoms with Crippen LogP contribution in [-0.4, -0.2) is 201 Å². The first kappa shape index (κ1) is 66.1. The van der Waals surface area contributed by atoms with E-state index in [-0.39, 0.29) is 31.6 Å². The monoisotopic (exact) mass is 1060 g/mol. The van der Waals surface area contributed by atoms with Gasteiger partial charge in [0.1, 0.15) is 12.2 Å². The molecule has 3 heterocycles. The third-order valence-electron chi connectivity index (χ3n) is 12.8. The molecule has 22 heteroatoms. The van der Waals surface area contributed by atoms with Gasteiger partial charge < -0.3 is 96.4 Å². The highest BCUT2D eigenvalue weighted by Crippen LogP contribution is 2.38. The van der Waals surface area contributed by atoms with Crippen LogP contribution in [0.15, 0.2) is 85.1 Å². The molecule has 3 aliphatic heterocycles. The Labute approximate surface area is 433 Å². The Morgan fingerprint density at radius 1 is 0.703 bits per heavy atom. The summed E-state index contributed by atoms with van der Waals surface area (Å²) in [5.74, 6) is -7.01. The molecule has 2 fully saturated rings. The van der Waals surface area contributed by atoms with E-state index in [2.05, 4.69) is 5.32 Å². The fraction of sp³-hybridized carbons (Fsp3) is 0.673. The largest absolute Gasteiger partial charge is 0.481 e. The third-order valence-corrected chi connectivity index (χ3v) is 12.8. The SMILES string of the molecule is CC(=O)O.C[C@@H]1[C@H](O)[C@@H](C)/C=C/C=C/C=C/C=C/C=C/C=C/C=C/[C@H](O[C@@H]2O[C@H](C)[C@@H](O)[C@H](N)[C@H]2O)C[C@@H]2O[C@](O)(C[C@@H](O)C[C@@H](O)[C@H](O)CC[C@@H](O)C[C@@H](O)CC(=O)O[C@H]1C)C[C@H](O)[C@H]2C(=O)NC(CO)CO. The first-order chi connectivity index (χ1) is 34.8.